The molecular formula is C15H10N2OS. The van der Waals surface area contributed by atoms with E-state index >= 15 is 0 Å². The monoisotopic (exact) mass is 266 g/mol. The molecular weight excluding hydrogens is 256 g/mol. The van der Waals surface area contributed by atoms with E-state index in [4.69, 9.17) is 15.3 Å². The second kappa shape index (κ2) is 5.86. The molecule has 2 rings (SSSR count). The van der Waals surface area contributed by atoms with Gasteiger partial charge in [-0.15, -0.1) is 11.3 Å². The quantitative estimate of drug-likeness (QED) is 0.793. The highest BCUT2D eigenvalue weighted by Gasteiger charge is 2.03. The number of methoxy groups -OCH3 is 1. The van der Waals surface area contributed by atoms with Crippen molar-refractivity contribution in [1.82, 2.24) is 0 Å². The molecule has 19 heavy (non-hydrogen) atoms. The Morgan fingerprint density at radius 2 is 1.79 bits per heavy atom. The summed E-state index contributed by atoms with van der Waals surface area (Å²) in [6.07, 6.45) is 1.59. The molecule has 0 aliphatic carbocycles. The molecule has 0 aliphatic rings. The largest absolute Gasteiger partial charge is 0.497 e. The van der Waals surface area contributed by atoms with E-state index in [-0.39, 0.29) is 5.57 Å². The van der Waals surface area contributed by atoms with Crippen molar-refractivity contribution in [1.29, 1.82) is 10.5 Å². The zero-order valence-corrected chi connectivity index (χ0v) is 11.1. The van der Waals surface area contributed by atoms with Crippen molar-refractivity contribution < 1.29 is 4.74 Å². The second-order valence-corrected chi connectivity index (χ2v) is 4.83. The number of benzene rings is 1. The zero-order valence-electron chi connectivity index (χ0n) is 10.3. The minimum atomic E-state index is 0.114. The molecule has 0 amide bonds. The Bertz CT molecular complexity index is 668. The van der Waals surface area contributed by atoms with E-state index in [9.17, 15) is 0 Å². The van der Waals surface area contributed by atoms with Crippen LogP contribution in [0.15, 0.2) is 42.0 Å². The number of ether oxygens (including phenoxy) is 1. The van der Waals surface area contributed by atoms with Crippen molar-refractivity contribution >= 4 is 17.4 Å². The third kappa shape index (κ3) is 3.01. The van der Waals surface area contributed by atoms with Gasteiger partial charge in [0.25, 0.3) is 0 Å². The fourth-order valence-electron chi connectivity index (χ4n) is 1.57. The van der Waals surface area contributed by atoms with Crippen LogP contribution in [0, 0.1) is 22.7 Å². The molecule has 0 N–H and O–H groups in total. The molecule has 0 unspecified atom stereocenters. The van der Waals surface area contributed by atoms with Gasteiger partial charge in [0, 0.05) is 9.75 Å². The van der Waals surface area contributed by atoms with Crippen molar-refractivity contribution in [2.75, 3.05) is 7.11 Å². The van der Waals surface area contributed by atoms with E-state index in [0.717, 1.165) is 21.1 Å². The van der Waals surface area contributed by atoms with Crippen LogP contribution in [0.2, 0.25) is 0 Å². The molecule has 0 bridgehead atoms. The van der Waals surface area contributed by atoms with Crippen molar-refractivity contribution in [3.05, 3.63) is 46.8 Å². The maximum Gasteiger partial charge on any atom is 0.131 e. The molecule has 1 aromatic carbocycles. The average Bonchev–Trinajstić information content (AvgIpc) is 2.93. The van der Waals surface area contributed by atoms with Gasteiger partial charge < -0.3 is 4.74 Å². The smallest absolute Gasteiger partial charge is 0.131 e. The molecule has 1 heterocycles. The highest BCUT2D eigenvalue weighted by molar-refractivity contribution is 7.16. The molecule has 0 aliphatic heterocycles. The third-order valence-corrected chi connectivity index (χ3v) is 3.61. The summed E-state index contributed by atoms with van der Waals surface area (Å²) in [5, 5.41) is 17.4. The van der Waals surface area contributed by atoms with Gasteiger partial charge in [0.15, 0.2) is 0 Å². The van der Waals surface area contributed by atoms with Crippen LogP contribution in [-0.4, -0.2) is 7.11 Å². The lowest BCUT2D eigenvalue weighted by Gasteiger charge is -2.00. The highest BCUT2D eigenvalue weighted by atomic mass is 32.1. The number of nitrogens with zero attached hydrogens (tertiary/aromatic N) is 2. The first-order chi connectivity index (χ1) is 9.26. The van der Waals surface area contributed by atoms with E-state index < -0.39 is 0 Å². The van der Waals surface area contributed by atoms with Gasteiger partial charge in [0.05, 0.1) is 7.11 Å². The van der Waals surface area contributed by atoms with E-state index in [0.29, 0.717) is 0 Å². The van der Waals surface area contributed by atoms with Crippen LogP contribution in [0.25, 0.3) is 16.5 Å². The first-order valence-electron chi connectivity index (χ1n) is 5.53. The summed E-state index contributed by atoms with van der Waals surface area (Å²) >= 11 is 1.54. The van der Waals surface area contributed by atoms with Gasteiger partial charge in [-0.25, -0.2) is 0 Å². The van der Waals surface area contributed by atoms with Crippen molar-refractivity contribution in [3.63, 3.8) is 0 Å². The van der Waals surface area contributed by atoms with Crippen molar-refractivity contribution in [2.45, 2.75) is 0 Å². The number of thiophene rings is 1. The van der Waals surface area contributed by atoms with Gasteiger partial charge in [0.1, 0.15) is 23.5 Å². The van der Waals surface area contributed by atoms with Gasteiger partial charge in [0.2, 0.25) is 0 Å². The first kappa shape index (κ1) is 12.9. The summed E-state index contributed by atoms with van der Waals surface area (Å²) < 4.78 is 5.11. The summed E-state index contributed by atoms with van der Waals surface area (Å²) in [6, 6.07) is 15.4. The van der Waals surface area contributed by atoms with Gasteiger partial charge in [-0.2, -0.15) is 10.5 Å². The predicted octanol–water partition coefficient (Wildman–Crippen LogP) is 3.85. The third-order valence-electron chi connectivity index (χ3n) is 2.53. The molecule has 0 spiro atoms. The van der Waals surface area contributed by atoms with E-state index in [1.165, 1.54) is 11.3 Å². The molecule has 0 fully saturated rings. The molecule has 92 valence electrons. The lowest BCUT2D eigenvalue weighted by Crippen LogP contribution is -1.81. The summed E-state index contributed by atoms with van der Waals surface area (Å²) in [5.41, 5.74) is 1.20. The van der Waals surface area contributed by atoms with E-state index in [1.807, 2.05) is 48.5 Å². The lowest BCUT2D eigenvalue weighted by atomic mass is 10.2. The van der Waals surface area contributed by atoms with Crippen molar-refractivity contribution in [2.24, 2.45) is 0 Å². The lowest BCUT2D eigenvalue weighted by molar-refractivity contribution is 0.415. The standard InChI is InChI=1S/C15H10N2OS/c1-18-13-4-2-12(3-5-13)15-7-6-14(19-15)8-11(9-16)10-17/h2-8H,1H3. The van der Waals surface area contributed by atoms with Gasteiger partial charge in [-0.05, 0) is 48.0 Å². The summed E-state index contributed by atoms with van der Waals surface area (Å²) in [5.74, 6) is 0.816. The van der Waals surface area contributed by atoms with Crippen LogP contribution in [-0.2, 0) is 0 Å². The molecule has 0 radical (unpaired) electrons. The van der Waals surface area contributed by atoms with Gasteiger partial charge in [-0.1, -0.05) is 0 Å². The van der Waals surface area contributed by atoms with Gasteiger partial charge in [-0.3, -0.25) is 0 Å². The summed E-state index contributed by atoms with van der Waals surface area (Å²) in [6.45, 7) is 0. The van der Waals surface area contributed by atoms with E-state index in [2.05, 4.69) is 0 Å². The van der Waals surface area contributed by atoms with Gasteiger partial charge >= 0.3 is 0 Å². The second-order valence-electron chi connectivity index (χ2n) is 3.71. The fourth-order valence-corrected chi connectivity index (χ4v) is 2.53. The Kier molecular flexibility index (Phi) is 3.97. The minimum Gasteiger partial charge on any atom is -0.497 e. The van der Waals surface area contributed by atoms with Crippen LogP contribution in [0.1, 0.15) is 4.88 Å². The molecule has 0 saturated heterocycles. The molecule has 2 aromatic rings. The Morgan fingerprint density at radius 1 is 1.11 bits per heavy atom. The van der Waals surface area contributed by atoms with Crippen molar-refractivity contribution in [3.8, 4) is 28.3 Å². The normalized spacial score (nSPS) is 9.21. The van der Waals surface area contributed by atoms with Crippen LogP contribution in [0.4, 0.5) is 0 Å². The number of hydrogen-bond donors (Lipinski definition) is 0. The minimum absolute atomic E-state index is 0.114. The van der Waals surface area contributed by atoms with Crippen LogP contribution < -0.4 is 4.74 Å². The zero-order chi connectivity index (χ0) is 13.7. The van der Waals surface area contributed by atoms with Crippen LogP contribution >= 0.6 is 11.3 Å². The summed E-state index contributed by atoms with van der Waals surface area (Å²) in [4.78, 5) is 1.98. The van der Waals surface area contributed by atoms with E-state index in [1.54, 1.807) is 13.2 Å². The predicted molar refractivity (Wildman–Crippen MR) is 75.5 cm³/mol. The molecule has 4 heteroatoms. The molecule has 3 nitrogen and oxygen atoms in total. The number of hydrogen-bond acceptors (Lipinski definition) is 4. The summed E-state index contributed by atoms with van der Waals surface area (Å²) in [7, 11) is 1.63. The van der Waals surface area contributed by atoms with Crippen LogP contribution in [0.3, 0.4) is 0 Å². The number of allylic oxidation sites excluding steroid dienone is 1. The number of rotatable bonds is 3. The Balaban J connectivity index is 2.28. The topological polar surface area (TPSA) is 56.8 Å². The van der Waals surface area contributed by atoms with Crippen LogP contribution in [0.5, 0.6) is 5.75 Å². The molecule has 1 aromatic heterocycles. The maximum atomic E-state index is 8.72. The first-order valence-corrected chi connectivity index (χ1v) is 6.34. The highest BCUT2D eigenvalue weighted by Crippen LogP contribution is 2.30. The average molecular weight is 266 g/mol. The molecule has 0 atom stereocenters. The fraction of sp³-hybridized carbons (Fsp3) is 0.0667. The number of nitriles is 2. The molecule has 0 saturated carbocycles. The Labute approximate surface area is 115 Å². The maximum absolute atomic E-state index is 8.72. The SMILES string of the molecule is COc1ccc(-c2ccc(C=C(C#N)C#N)s2)cc1. The Hall–Kier alpha value is -2.56. The Morgan fingerprint density at radius 3 is 2.37 bits per heavy atom.